The lowest BCUT2D eigenvalue weighted by atomic mass is 9.85. The number of hydrogen-bond donors (Lipinski definition) is 3. The number of aryl methyl sites for hydroxylation is 1. The molecule has 1 aliphatic carbocycles. The number of likely N-dealkylation sites (N-methyl/N-ethyl adjacent to an activating group) is 1. The fourth-order valence-corrected chi connectivity index (χ4v) is 4.79. The molecule has 0 saturated carbocycles. The Morgan fingerprint density at radius 3 is 2.56 bits per heavy atom. The maximum absolute atomic E-state index is 13.7. The van der Waals surface area contributed by atoms with Gasteiger partial charge < -0.3 is 26.1 Å². The Morgan fingerprint density at radius 1 is 1.24 bits per heavy atom. The van der Waals surface area contributed by atoms with Crippen LogP contribution >= 0.6 is 0 Å². The Kier molecular flexibility index (Phi) is 8.08. The van der Waals surface area contributed by atoms with Gasteiger partial charge in [-0.25, -0.2) is 0 Å². The SMILES string of the molecule is [B]N(C)[C@@H](C)C(=O)N[C@H](C(=O)N1C[C@@H](N)C[C@H]1C(=O)N[C@@H]1CCCc2ccccc21)C(C)(C)C. The van der Waals surface area contributed by atoms with Gasteiger partial charge in [-0.05, 0) is 56.2 Å². The number of nitrogens with zero attached hydrogens (tertiary/aromatic N) is 2. The van der Waals surface area contributed by atoms with Crippen LogP contribution in [0.15, 0.2) is 24.3 Å². The summed E-state index contributed by atoms with van der Waals surface area (Å²) < 4.78 is 0. The van der Waals surface area contributed by atoms with Gasteiger partial charge in [0.2, 0.25) is 17.7 Å². The lowest BCUT2D eigenvalue weighted by molar-refractivity contribution is -0.144. The Balaban J connectivity index is 1.78. The number of fused-ring (bicyclic) bond motifs is 1. The highest BCUT2D eigenvalue weighted by molar-refractivity contribution is 6.06. The number of nitrogens with two attached hydrogens (primary N) is 1. The zero-order valence-corrected chi connectivity index (χ0v) is 21.0. The summed E-state index contributed by atoms with van der Waals surface area (Å²) in [6, 6.07) is 5.68. The molecule has 0 spiro atoms. The van der Waals surface area contributed by atoms with Gasteiger partial charge in [0.25, 0.3) is 0 Å². The Bertz CT molecular complexity index is 916. The highest BCUT2D eigenvalue weighted by Crippen LogP contribution is 2.31. The van der Waals surface area contributed by atoms with E-state index in [0.29, 0.717) is 6.42 Å². The fraction of sp³-hybridized carbons (Fsp3) is 0.640. The van der Waals surface area contributed by atoms with Gasteiger partial charge >= 0.3 is 0 Å². The first-order valence-electron chi connectivity index (χ1n) is 12.1. The van der Waals surface area contributed by atoms with Gasteiger partial charge in [-0.1, -0.05) is 45.0 Å². The summed E-state index contributed by atoms with van der Waals surface area (Å²) >= 11 is 0. The minimum Gasteiger partial charge on any atom is -0.347 e. The van der Waals surface area contributed by atoms with Gasteiger partial charge in [0, 0.05) is 12.6 Å². The van der Waals surface area contributed by atoms with Crippen LogP contribution in [0.4, 0.5) is 0 Å². The van der Waals surface area contributed by atoms with Crippen LogP contribution in [0.2, 0.25) is 0 Å². The van der Waals surface area contributed by atoms with Crippen LogP contribution in [0.5, 0.6) is 0 Å². The van der Waals surface area contributed by atoms with E-state index in [2.05, 4.69) is 22.8 Å². The van der Waals surface area contributed by atoms with E-state index in [9.17, 15) is 14.4 Å². The molecule has 3 rings (SSSR count). The monoisotopic (exact) mass is 467 g/mol. The molecule has 0 aromatic heterocycles. The average molecular weight is 467 g/mol. The van der Waals surface area contributed by atoms with Gasteiger partial charge in [0.15, 0.2) is 7.98 Å². The van der Waals surface area contributed by atoms with Crippen molar-refractivity contribution < 1.29 is 14.4 Å². The predicted octanol–water partition coefficient (Wildman–Crippen LogP) is 1.04. The Morgan fingerprint density at radius 2 is 1.91 bits per heavy atom. The van der Waals surface area contributed by atoms with Gasteiger partial charge in [-0.2, -0.15) is 0 Å². The number of nitrogens with one attached hydrogen (secondary N) is 2. The normalized spacial score (nSPS) is 24.3. The van der Waals surface area contributed by atoms with Crippen molar-refractivity contribution in [1.82, 2.24) is 20.3 Å². The van der Waals surface area contributed by atoms with Crippen molar-refractivity contribution in [2.45, 2.75) is 83.6 Å². The smallest absolute Gasteiger partial charge is 0.246 e. The number of benzene rings is 1. The van der Waals surface area contributed by atoms with Crippen molar-refractivity contribution in [3.8, 4) is 0 Å². The summed E-state index contributed by atoms with van der Waals surface area (Å²) in [4.78, 5) is 42.7. The Hall–Kier alpha value is -2.39. The number of carbonyl (C=O) groups is 3. The van der Waals surface area contributed by atoms with Crippen LogP contribution in [-0.2, 0) is 20.8 Å². The lowest BCUT2D eigenvalue weighted by Gasteiger charge is -2.37. The van der Waals surface area contributed by atoms with E-state index in [-0.39, 0.29) is 36.3 Å². The summed E-state index contributed by atoms with van der Waals surface area (Å²) in [6.07, 6.45) is 3.25. The Labute approximate surface area is 204 Å². The van der Waals surface area contributed by atoms with Crippen molar-refractivity contribution >= 4 is 25.7 Å². The van der Waals surface area contributed by atoms with Crippen molar-refractivity contribution in [2.24, 2.45) is 11.1 Å². The van der Waals surface area contributed by atoms with E-state index in [0.717, 1.165) is 24.8 Å². The molecule has 1 aliphatic heterocycles. The molecular formula is C25H38BN5O3. The van der Waals surface area contributed by atoms with E-state index in [1.165, 1.54) is 10.4 Å². The molecule has 1 heterocycles. The third kappa shape index (κ3) is 5.81. The maximum Gasteiger partial charge on any atom is 0.246 e. The van der Waals surface area contributed by atoms with E-state index in [4.69, 9.17) is 13.7 Å². The molecule has 34 heavy (non-hydrogen) atoms. The molecule has 3 amide bonds. The second-order valence-electron chi connectivity index (χ2n) is 10.8. The van der Waals surface area contributed by atoms with Crippen LogP contribution in [-0.4, -0.2) is 73.2 Å². The second kappa shape index (κ2) is 10.5. The van der Waals surface area contributed by atoms with Crippen molar-refractivity contribution in [3.63, 3.8) is 0 Å². The molecule has 2 radical (unpaired) electrons. The van der Waals surface area contributed by atoms with Gasteiger partial charge in [0.1, 0.15) is 12.1 Å². The van der Waals surface area contributed by atoms with Crippen LogP contribution in [0.3, 0.4) is 0 Å². The molecule has 5 atom stereocenters. The first-order chi connectivity index (χ1) is 15.9. The molecule has 4 N–H and O–H groups in total. The van der Waals surface area contributed by atoms with Crippen molar-refractivity contribution in [3.05, 3.63) is 35.4 Å². The summed E-state index contributed by atoms with van der Waals surface area (Å²) in [7, 11) is 7.33. The van der Waals surface area contributed by atoms with Crippen molar-refractivity contribution in [1.29, 1.82) is 0 Å². The largest absolute Gasteiger partial charge is 0.347 e. The molecule has 1 fully saturated rings. The molecule has 0 unspecified atom stereocenters. The quantitative estimate of drug-likeness (QED) is 0.542. The van der Waals surface area contributed by atoms with E-state index in [1.54, 1.807) is 18.9 Å². The zero-order chi connectivity index (χ0) is 25.2. The third-order valence-corrected chi connectivity index (χ3v) is 6.99. The van der Waals surface area contributed by atoms with Gasteiger partial charge in [-0.3, -0.25) is 14.4 Å². The fourth-order valence-electron chi connectivity index (χ4n) is 4.79. The van der Waals surface area contributed by atoms with Gasteiger partial charge in [0.05, 0.1) is 12.1 Å². The third-order valence-electron chi connectivity index (χ3n) is 6.99. The number of amides is 3. The molecule has 1 aromatic carbocycles. The molecule has 1 saturated heterocycles. The summed E-state index contributed by atoms with van der Waals surface area (Å²) in [6.45, 7) is 7.60. The molecular weight excluding hydrogens is 429 g/mol. The molecule has 1 aromatic rings. The lowest BCUT2D eigenvalue weighted by Crippen LogP contribution is -2.59. The highest BCUT2D eigenvalue weighted by atomic mass is 16.2. The first-order valence-corrected chi connectivity index (χ1v) is 12.1. The zero-order valence-electron chi connectivity index (χ0n) is 21.0. The maximum atomic E-state index is 13.7. The predicted molar refractivity (Wildman–Crippen MR) is 133 cm³/mol. The van der Waals surface area contributed by atoms with Gasteiger partial charge in [-0.15, -0.1) is 0 Å². The highest BCUT2D eigenvalue weighted by Gasteiger charge is 2.44. The average Bonchev–Trinajstić information content (AvgIpc) is 3.17. The standard InChI is InChI=1S/C25H38BN5O3/c1-15(30(5)26)22(32)29-21(25(2,3)4)24(34)31-14-17(27)13-20(31)23(33)28-19-12-8-10-16-9-6-7-11-18(16)19/h6-7,9,11,15,17,19-21H,8,10,12-14,27H2,1-5H3,(H,28,33)(H,29,32)/t15-,17-,19+,20-,21+/m0/s1. The van der Waals surface area contributed by atoms with Crippen LogP contribution in [0.25, 0.3) is 0 Å². The van der Waals surface area contributed by atoms with Crippen LogP contribution in [0, 0.1) is 5.41 Å². The summed E-state index contributed by atoms with van der Waals surface area (Å²) in [5.74, 6) is -0.844. The molecule has 9 heteroatoms. The summed E-state index contributed by atoms with van der Waals surface area (Å²) in [5, 5.41) is 6.03. The van der Waals surface area contributed by atoms with Crippen LogP contribution < -0.4 is 16.4 Å². The van der Waals surface area contributed by atoms with E-state index < -0.39 is 23.5 Å². The topological polar surface area (TPSA) is 108 Å². The van der Waals surface area contributed by atoms with Crippen LogP contribution in [0.1, 0.15) is 64.1 Å². The number of hydrogen-bond acceptors (Lipinski definition) is 5. The molecule has 0 bridgehead atoms. The van der Waals surface area contributed by atoms with Crippen molar-refractivity contribution in [2.75, 3.05) is 13.6 Å². The minimum absolute atomic E-state index is 0.0784. The molecule has 2 aliphatic rings. The molecule has 184 valence electrons. The number of likely N-dealkylation sites (tertiary alicyclic amines) is 1. The number of carbonyl (C=O) groups excluding carboxylic acids is 3. The summed E-state index contributed by atoms with van der Waals surface area (Å²) in [5.41, 5.74) is 8.04. The second-order valence-corrected chi connectivity index (χ2v) is 10.8. The molecule has 8 nitrogen and oxygen atoms in total. The number of rotatable bonds is 6. The van der Waals surface area contributed by atoms with E-state index in [1.807, 2.05) is 32.9 Å². The first kappa shape index (κ1) is 26.2. The minimum atomic E-state index is -0.821. The van der Waals surface area contributed by atoms with E-state index >= 15 is 0 Å².